The van der Waals surface area contributed by atoms with Gasteiger partial charge in [0.25, 0.3) is 11.6 Å². The summed E-state index contributed by atoms with van der Waals surface area (Å²) in [7, 11) is 0. The zero-order valence-electron chi connectivity index (χ0n) is 13.2. The second-order valence-electron chi connectivity index (χ2n) is 5.90. The van der Waals surface area contributed by atoms with Gasteiger partial charge in [0.05, 0.1) is 10.6 Å². The summed E-state index contributed by atoms with van der Waals surface area (Å²) < 4.78 is 0. The minimum absolute atomic E-state index is 0.0159. The molecule has 5 nitrogen and oxygen atoms in total. The monoisotopic (exact) mass is 310 g/mol. The Morgan fingerprint density at radius 2 is 1.96 bits per heavy atom. The van der Waals surface area contributed by atoms with Gasteiger partial charge in [-0.3, -0.25) is 14.9 Å². The van der Waals surface area contributed by atoms with Gasteiger partial charge in [-0.25, -0.2) is 0 Å². The van der Waals surface area contributed by atoms with E-state index in [0.717, 1.165) is 29.7 Å². The first-order valence-corrected chi connectivity index (χ1v) is 7.64. The SMILES string of the molecule is Cc1ccc(C(=O)N2CCCc3cccc(C)c32)cc1[N+](=O)[O-]. The Bertz CT molecular complexity index is 799. The van der Waals surface area contributed by atoms with Crippen molar-refractivity contribution in [1.29, 1.82) is 0 Å². The number of anilines is 1. The first kappa shape index (κ1) is 15.2. The summed E-state index contributed by atoms with van der Waals surface area (Å²) in [4.78, 5) is 25.3. The zero-order valence-corrected chi connectivity index (χ0v) is 13.2. The summed E-state index contributed by atoms with van der Waals surface area (Å²) in [5.74, 6) is -0.177. The lowest BCUT2D eigenvalue weighted by Gasteiger charge is -2.31. The molecule has 0 atom stereocenters. The van der Waals surface area contributed by atoms with Gasteiger partial charge in [0.2, 0.25) is 0 Å². The van der Waals surface area contributed by atoms with E-state index in [-0.39, 0.29) is 11.6 Å². The van der Waals surface area contributed by atoms with E-state index >= 15 is 0 Å². The average Bonchev–Trinajstić information content (AvgIpc) is 2.54. The number of nitro benzene ring substituents is 1. The van der Waals surface area contributed by atoms with E-state index in [9.17, 15) is 14.9 Å². The molecule has 0 bridgehead atoms. The highest BCUT2D eigenvalue weighted by Crippen LogP contribution is 2.32. The minimum atomic E-state index is -0.443. The van der Waals surface area contributed by atoms with Crippen molar-refractivity contribution in [1.82, 2.24) is 0 Å². The fourth-order valence-electron chi connectivity index (χ4n) is 3.15. The van der Waals surface area contributed by atoms with Crippen LogP contribution in [0.5, 0.6) is 0 Å². The predicted molar refractivity (Wildman–Crippen MR) is 89.0 cm³/mol. The second kappa shape index (κ2) is 5.83. The molecule has 0 N–H and O–H groups in total. The first-order valence-electron chi connectivity index (χ1n) is 7.64. The number of hydrogen-bond donors (Lipinski definition) is 0. The first-order chi connectivity index (χ1) is 11.0. The molecule has 2 aromatic carbocycles. The lowest BCUT2D eigenvalue weighted by atomic mass is 9.97. The van der Waals surface area contributed by atoms with Crippen molar-refractivity contribution in [3.8, 4) is 0 Å². The molecule has 1 aliphatic rings. The number of carbonyl (C=O) groups is 1. The molecule has 0 unspecified atom stereocenters. The number of fused-ring (bicyclic) bond motifs is 1. The van der Waals surface area contributed by atoms with Gasteiger partial charge < -0.3 is 4.90 Å². The third-order valence-electron chi connectivity index (χ3n) is 4.32. The van der Waals surface area contributed by atoms with Crippen molar-refractivity contribution < 1.29 is 9.72 Å². The Kier molecular flexibility index (Phi) is 3.86. The van der Waals surface area contributed by atoms with E-state index in [4.69, 9.17) is 0 Å². The third-order valence-corrected chi connectivity index (χ3v) is 4.32. The molecule has 0 saturated heterocycles. The van der Waals surface area contributed by atoms with Crippen molar-refractivity contribution in [2.75, 3.05) is 11.4 Å². The lowest BCUT2D eigenvalue weighted by molar-refractivity contribution is -0.385. The number of para-hydroxylation sites is 1. The number of amides is 1. The number of nitro groups is 1. The van der Waals surface area contributed by atoms with E-state index in [1.165, 1.54) is 6.07 Å². The molecule has 3 rings (SSSR count). The number of aryl methyl sites for hydroxylation is 3. The normalized spacial score (nSPS) is 13.6. The van der Waals surface area contributed by atoms with Crippen LogP contribution >= 0.6 is 0 Å². The molecule has 23 heavy (non-hydrogen) atoms. The third kappa shape index (κ3) is 2.70. The van der Waals surface area contributed by atoms with Crippen molar-refractivity contribution in [3.63, 3.8) is 0 Å². The van der Waals surface area contributed by atoms with E-state index in [2.05, 4.69) is 0 Å². The van der Waals surface area contributed by atoms with Crippen LogP contribution < -0.4 is 4.90 Å². The molecule has 0 spiro atoms. The fourth-order valence-corrected chi connectivity index (χ4v) is 3.15. The maximum Gasteiger partial charge on any atom is 0.273 e. The summed E-state index contributed by atoms with van der Waals surface area (Å²) in [6, 6.07) is 10.7. The van der Waals surface area contributed by atoms with Crippen molar-refractivity contribution in [2.24, 2.45) is 0 Å². The highest BCUT2D eigenvalue weighted by Gasteiger charge is 2.26. The van der Waals surface area contributed by atoms with Gasteiger partial charge in [0.15, 0.2) is 0 Å². The maximum absolute atomic E-state index is 12.9. The molecular formula is C18H18N2O3. The Balaban J connectivity index is 2.03. The summed E-state index contributed by atoms with van der Waals surface area (Å²) in [5, 5.41) is 11.1. The summed E-state index contributed by atoms with van der Waals surface area (Å²) in [6.07, 6.45) is 1.85. The summed E-state index contributed by atoms with van der Waals surface area (Å²) in [5.41, 5.74) is 4.06. The molecule has 0 saturated carbocycles. The smallest absolute Gasteiger partial charge is 0.273 e. The molecule has 118 valence electrons. The Morgan fingerprint density at radius 3 is 2.70 bits per heavy atom. The Labute approximate surface area is 134 Å². The number of hydrogen-bond acceptors (Lipinski definition) is 3. The van der Waals surface area contributed by atoms with Crippen LogP contribution in [-0.2, 0) is 6.42 Å². The minimum Gasteiger partial charge on any atom is -0.308 e. The van der Waals surface area contributed by atoms with Crippen LogP contribution in [0.3, 0.4) is 0 Å². The topological polar surface area (TPSA) is 63.5 Å². The van der Waals surface area contributed by atoms with E-state index in [1.54, 1.807) is 24.0 Å². The van der Waals surface area contributed by atoms with Crippen LogP contribution in [-0.4, -0.2) is 17.4 Å². The van der Waals surface area contributed by atoms with Gasteiger partial charge in [0.1, 0.15) is 0 Å². The second-order valence-corrected chi connectivity index (χ2v) is 5.90. The number of benzene rings is 2. The molecule has 1 aliphatic heterocycles. The molecule has 5 heteroatoms. The highest BCUT2D eigenvalue weighted by molar-refractivity contribution is 6.07. The number of carbonyl (C=O) groups excluding carboxylic acids is 1. The molecule has 1 amide bonds. The van der Waals surface area contributed by atoms with Gasteiger partial charge in [-0.05, 0) is 43.9 Å². The molecule has 1 heterocycles. The number of nitrogens with zero attached hydrogens (tertiary/aromatic N) is 2. The van der Waals surface area contributed by atoms with Gasteiger partial charge in [0, 0.05) is 23.7 Å². The maximum atomic E-state index is 12.9. The van der Waals surface area contributed by atoms with Crippen LogP contribution in [0.4, 0.5) is 11.4 Å². The van der Waals surface area contributed by atoms with Crippen LogP contribution in [0.1, 0.15) is 33.5 Å². The average molecular weight is 310 g/mol. The highest BCUT2D eigenvalue weighted by atomic mass is 16.6. The van der Waals surface area contributed by atoms with E-state index < -0.39 is 4.92 Å². The van der Waals surface area contributed by atoms with Crippen molar-refractivity contribution >= 4 is 17.3 Å². The predicted octanol–water partition coefficient (Wildman–Crippen LogP) is 3.80. The van der Waals surface area contributed by atoms with E-state index in [0.29, 0.717) is 17.7 Å². The van der Waals surface area contributed by atoms with Crippen LogP contribution in [0.2, 0.25) is 0 Å². The van der Waals surface area contributed by atoms with Gasteiger partial charge >= 0.3 is 0 Å². The van der Waals surface area contributed by atoms with Gasteiger partial charge in [-0.15, -0.1) is 0 Å². The van der Waals surface area contributed by atoms with Crippen LogP contribution in [0, 0.1) is 24.0 Å². The fraction of sp³-hybridized carbons (Fsp3) is 0.278. The van der Waals surface area contributed by atoms with Gasteiger partial charge in [-0.2, -0.15) is 0 Å². The van der Waals surface area contributed by atoms with Crippen molar-refractivity contribution in [2.45, 2.75) is 26.7 Å². The lowest BCUT2D eigenvalue weighted by Crippen LogP contribution is -2.36. The standard InChI is InChI=1S/C18H18N2O3/c1-12-8-9-15(11-16(12)20(22)23)18(21)19-10-4-7-14-6-3-5-13(2)17(14)19/h3,5-6,8-9,11H,4,7,10H2,1-2H3. The number of rotatable bonds is 2. The van der Waals surface area contributed by atoms with Crippen LogP contribution in [0.15, 0.2) is 36.4 Å². The summed E-state index contributed by atoms with van der Waals surface area (Å²) in [6.45, 7) is 4.30. The van der Waals surface area contributed by atoms with Crippen molar-refractivity contribution in [3.05, 3.63) is 68.8 Å². The molecule has 2 aromatic rings. The summed E-state index contributed by atoms with van der Waals surface area (Å²) >= 11 is 0. The molecule has 0 aromatic heterocycles. The molecule has 0 aliphatic carbocycles. The molecule has 0 radical (unpaired) electrons. The van der Waals surface area contributed by atoms with Gasteiger partial charge in [-0.1, -0.05) is 24.3 Å². The molecular weight excluding hydrogens is 292 g/mol. The Hall–Kier alpha value is -2.69. The van der Waals surface area contributed by atoms with Crippen LogP contribution in [0.25, 0.3) is 0 Å². The largest absolute Gasteiger partial charge is 0.308 e. The van der Waals surface area contributed by atoms with E-state index in [1.807, 2.05) is 25.1 Å². The quantitative estimate of drug-likeness (QED) is 0.626. The Morgan fingerprint density at radius 1 is 1.17 bits per heavy atom. The zero-order chi connectivity index (χ0) is 16.6. The molecule has 0 fully saturated rings.